The molecule has 2 heterocycles. The second kappa shape index (κ2) is 8.71. The Hall–Kier alpha value is -3.12. The van der Waals surface area contributed by atoms with Gasteiger partial charge in [-0.1, -0.05) is 29.3 Å². The van der Waals surface area contributed by atoms with Gasteiger partial charge in [0, 0.05) is 50.0 Å². The van der Waals surface area contributed by atoms with Crippen LogP contribution in [0, 0.1) is 13.8 Å². The Morgan fingerprint density at radius 2 is 1.57 bits per heavy atom. The number of nitrogen functional groups attached to an aromatic ring is 1. The van der Waals surface area contributed by atoms with Crippen molar-refractivity contribution in [1.82, 2.24) is 14.9 Å². The van der Waals surface area contributed by atoms with Gasteiger partial charge in [0.1, 0.15) is 5.82 Å². The number of hydrogen-bond donors (Lipinski definition) is 2. The smallest absolute Gasteiger partial charge is 0.222 e. The molecular weight excluding hydrogens is 372 g/mol. The summed E-state index contributed by atoms with van der Waals surface area (Å²) in [6.07, 6.45) is 0. The van der Waals surface area contributed by atoms with E-state index in [-0.39, 0.29) is 5.95 Å². The molecule has 0 atom stereocenters. The predicted molar refractivity (Wildman–Crippen MR) is 125 cm³/mol. The standard InChI is InChI=1S/C24H30N6/c1-17-12-18(2)14-20(13-17)22-15-23(28-24(25)27-22)26-16-19-4-6-21(7-5-19)30-10-8-29(3)9-11-30/h4-7,12-15H,8-11,16H2,1-3H3,(H3,25,26,27,28). The van der Waals surface area contributed by atoms with Crippen LogP contribution < -0.4 is 16.0 Å². The number of piperazine rings is 1. The van der Waals surface area contributed by atoms with Gasteiger partial charge in [0.05, 0.1) is 5.69 Å². The molecular formula is C24H30N6. The third-order valence-corrected chi connectivity index (χ3v) is 5.54. The molecule has 0 aliphatic carbocycles. The Kier molecular flexibility index (Phi) is 5.86. The van der Waals surface area contributed by atoms with Crippen molar-refractivity contribution >= 4 is 17.5 Å². The van der Waals surface area contributed by atoms with Crippen molar-refractivity contribution in [2.45, 2.75) is 20.4 Å². The van der Waals surface area contributed by atoms with Crippen molar-refractivity contribution in [3.8, 4) is 11.3 Å². The molecule has 0 radical (unpaired) electrons. The van der Waals surface area contributed by atoms with Crippen LogP contribution in [-0.4, -0.2) is 48.1 Å². The summed E-state index contributed by atoms with van der Waals surface area (Å²) in [5, 5.41) is 3.39. The van der Waals surface area contributed by atoms with Gasteiger partial charge in [-0.2, -0.15) is 4.98 Å². The molecule has 0 spiro atoms. The highest BCUT2D eigenvalue weighted by Crippen LogP contribution is 2.24. The lowest BCUT2D eigenvalue weighted by molar-refractivity contribution is 0.313. The number of nitrogens with one attached hydrogen (secondary N) is 1. The van der Waals surface area contributed by atoms with E-state index in [0.717, 1.165) is 43.3 Å². The maximum Gasteiger partial charge on any atom is 0.222 e. The summed E-state index contributed by atoms with van der Waals surface area (Å²) >= 11 is 0. The van der Waals surface area contributed by atoms with Crippen molar-refractivity contribution in [3.63, 3.8) is 0 Å². The fraction of sp³-hybridized carbons (Fsp3) is 0.333. The number of rotatable bonds is 5. The quantitative estimate of drug-likeness (QED) is 0.678. The summed E-state index contributed by atoms with van der Waals surface area (Å²) in [6, 6.07) is 17.1. The second-order valence-electron chi connectivity index (χ2n) is 8.18. The number of benzene rings is 2. The first-order valence-electron chi connectivity index (χ1n) is 10.5. The van der Waals surface area contributed by atoms with E-state index in [2.05, 4.69) is 88.4 Å². The summed E-state index contributed by atoms with van der Waals surface area (Å²) in [5.41, 5.74) is 12.8. The van der Waals surface area contributed by atoms with Gasteiger partial charge in [-0.25, -0.2) is 4.98 Å². The van der Waals surface area contributed by atoms with Crippen LogP contribution in [0.1, 0.15) is 16.7 Å². The number of anilines is 3. The minimum Gasteiger partial charge on any atom is -0.369 e. The van der Waals surface area contributed by atoms with E-state index in [4.69, 9.17) is 5.73 Å². The average molecular weight is 403 g/mol. The van der Waals surface area contributed by atoms with Gasteiger partial charge in [0.15, 0.2) is 0 Å². The number of aromatic nitrogens is 2. The molecule has 1 aliphatic rings. The van der Waals surface area contributed by atoms with Crippen molar-refractivity contribution in [3.05, 3.63) is 65.2 Å². The molecule has 0 saturated carbocycles. The van der Waals surface area contributed by atoms with Crippen molar-refractivity contribution in [1.29, 1.82) is 0 Å². The number of nitrogens with zero attached hydrogens (tertiary/aromatic N) is 4. The van der Waals surface area contributed by atoms with Crippen molar-refractivity contribution in [2.75, 3.05) is 49.2 Å². The summed E-state index contributed by atoms with van der Waals surface area (Å²) in [5.74, 6) is 1.01. The van der Waals surface area contributed by atoms with Gasteiger partial charge in [0.2, 0.25) is 5.95 Å². The topological polar surface area (TPSA) is 70.3 Å². The monoisotopic (exact) mass is 402 g/mol. The predicted octanol–water partition coefficient (Wildman–Crippen LogP) is 3.71. The van der Waals surface area contributed by atoms with Crippen molar-refractivity contribution in [2.24, 2.45) is 0 Å². The number of aryl methyl sites for hydroxylation is 2. The van der Waals surface area contributed by atoms with Gasteiger partial charge in [-0.05, 0) is 50.7 Å². The minimum absolute atomic E-state index is 0.277. The van der Waals surface area contributed by atoms with Crippen LogP contribution in [-0.2, 0) is 6.54 Å². The summed E-state index contributed by atoms with van der Waals surface area (Å²) in [6.45, 7) is 9.25. The van der Waals surface area contributed by atoms with E-state index < -0.39 is 0 Å². The van der Waals surface area contributed by atoms with Crippen LogP contribution in [0.3, 0.4) is 0 Å². The number of nitrogens with two attached hydrogens (primary N) is 1. The van der Waals surface area contributed by atoms with E-state index >= 15 is 0 Å². The molecule has 1 aliphatic heterocycles. The first-order chi connectivity index (χ1) is 14.5. The normalized spacial score (nSPS) is 14.7. The lowest BCUT2D eigenvalue weighted by atomic mass is 10.0. The molecule has 4 rings (SSSR count). The highest BCUT2D eigenvalue weighted by molar-refractivity contribution is 5.65. The molecule has 3 aromatic rings. The van der Waals surface area contributed by atoms with Crippen LogP contribution in [0.15, 0.2) is 48.5 Å². The van der Waals surface area contributed by atoms with Gasteiger partial charge >= 0.3 is 0 Å². The van der Waals surface area contributed by atoms with Gasteiger partial charge in [-0.3, -0.25) is 0 Å². The molecule has 1 saturated heterocycles. The van der Waals surface area contributed by atoms with E-state index in [0.29, 0.717) is 6.54 Å². The van der Waals surface area contributed by atoms with Crippen LogP contribution in [0.25, 0.3) is 11.3 Å². The highest BCUT2D eigenvalue weighted by Gasteiger charge is 2.14. The largest absolute Gasteiger partial charge is 0.369 e. The molecule has 2 aromatic carbocycles. The Balaban J connectivity index is 1.44. The van der Waals surface area contributed by atoms with Crippen LogP contribution in [0.2, 0.25) is 0 Å². The first-order valence-corrected chi connectivity index (χ1v) is 10.5. The van der Waals surface area contributed by atoms with Crippen LogP contribution >= 0.6 is 0 Å². The van der Waals surface area contributed by atoms with Gasteiger partial charge < -0.3 is 20.9 Å². The van der Waals surface area contributed by atoms with Gasteiger partial charge in [0.25, 0.3) is 0 Å². The molecule has 0 bridgehead atoms. The maximum absolute atomic E-state index is 5.98. The number of hydrogen-bond acceptors (Lipinski definition) is 6. The Morgan fingerprint density at radius 3 is 2.23 bits per heavy atom. The maximum atomic E-state index is 5.98. The highest BCUT2D eigenvalue weighted by atomic mass is 15.2. The second-order valence-corrected chi connectivity index (χ2v) is 8.18. The Labute approximate surface area is 178 Å². The van der Waals surface area contributed by atoms with E-state index in [1.807, 2.05) is 6.07 Å². The summed E-state index contributed by atoms with van der Waals surface area (Å²) in [4.78, 5) is 13.6. The lowest BCUT2D eigenvalue weighted by Gasteiger charge is -2.34. The zero-order chi connectivity index (χ0) is 21.1. The number of likely N-dealkylation sites (N-methyl/N-ethyl adjacent to an activating group) is 1. The zero-order valence-electron chi connectivity index (χ0n) is 18.0. The summed E-state index contributed by atoms with van der Waals surface area (Å²) < 4.78 is 0. The lowest BCUT2D eigenvalue weighted by Crippen LogP contribution is -2.44. The third-order valence-electron chi connectivity index (χ3n) is 5.54. The Morgan fingerprint density at radius 1 is 0.900 bits per heavy atom. The SMILES string of the molecule is Cc1cc(C)cc(-c2cc(NCc3ccc(N4CCN(C)CC4)cc3)nc(N)n2)c1. The van der Waals surface area contributed by atoms with E-state index in [1.165, 1.54) is 22.4 Å². The zero-order valence-corrected chi connectivity index (χ0v) is 18.0. The van der Waals surface area contributed by atoms with Crippen LogP contribution in [0.4, 0.5) is 17.5 Å². The molecule has 156 valence electrons. The molecule has 1 fully saturated rings. The molecule has 3 N–H and O–H groups in total. The van der Waals surface area contributed by atoms with Crippen LogP contribution in [0.5, 0.6) is 0 Å². The van der Waals surface area contributed by atoms with Gasteiger partial charge in [-0.15, -0.1) is 0 Å². The summed E-state index contributed by atoms with van der Waals surface area (Å²) in [7, 11) is 2.18. The minimum atomic E-state index is 0.277. The fourth-order valence-corrected chi connectivity index (χ4v) is 3.91. The molecule has 0 unspecified atom stereocenters. The first kappa shape index (κ1) is 20.2. The molecule has 6 nitrogen and oxygen atoms in total. The molecule has 30 heavy (non-hydrogen) atoms. The van der Waals surface area contributed by atoms with E-state index in [1.54, 1.807) is 0 Å². The molecule has 1 aromatic heterocycles. The molecule has 0 amide bonds. The molecule has 6 heteroatoms. The van der Waals surface area contributed by atoms with Crippen molar-refractivity contribution < 1.29 is 0 Å². The Bertz CT molecular complexity index is 986. The van der Waals surface area contributed by atoms with E-state index in [9.17, 15) is 0 Å². The fourth-order valence-electron chi connectivity index (χ4n) is 3.91. The average Bonchev–Trinajstić information content (AvgIpc) is 2.72. The third kappa shape index (κ3) is 4.89.